The minimum atomic E-state index is -0.247. The molecular formula is C22H20ClN3O3. The first-order chi connectivity index (χ1) is 14.0. The van der Waals surface area contributed by atoms with E-state index < -0.39 is 0 Å². The molecular weight excluding hydrogens is 390 g/mol. The van der Waals surface area contributed by atoms with Gasteiger partial charge in [0.05, 0.1) is 19.3 Å². The summed E-state index contributed by atoms with van der Waals surface area (Å²) in [5.74, 6) is 0.507. The Hall–Kier alpha value is -3.38. The normalized spacial score (nSPS) is 10.8. The maximum atomic E-state index is 12.0. The van der Waals surface area contributed by atoms with E-state index in [1.807, 2.05) is 36.4 Å². The molecule has 3 aromatic rings. The summed E-state index contributed by atoms with van der Waals surface area (Å²) in [6, 6.07) is 17.7. The van der Waals surface area contributed by atoms with Crippen molar-refractivity contribution in [3.63, 3.8) is 0 Å². The third kappa shape index (κ3) is 5.80. The zero-order chi connectivity index (χ0) is 20.6. The maximum absolute atomic E-state index is 12.0. The van der Waals surface area contributed by atoms with Crippen molar-refractivity contribution in [3.8, 4) is 17.0 Å². The Morgan fingerprint density at radius 1 is 1.10 bits per heavy atom. The Balaban J connectivity index is 1.57. The lowest BCUT2D eigenvalue weighted by Crippen LogP contribution is -2.31. The second-order valence-electron chi connectivity index (χ2n) is 6.18. The van der Waals surface area contributed by atoms with Crippen molar-refractivity contribution in [2.75, 3.05) is 13.7 Å². The summed E-state index contributed by atoms with van der Waals surface area (Å²) in [5, 5.41) is 7.74. The molecule has 0 atom stereocenters. The molecule has 0 spiro atoms. The summed E-state index contributed by atoms with van der Waals surface area (Å²) < 4.78 is 6.43. The van der Waals surface area contributed by atoms with Gasteiger partial charge in [-0.3, -0.25) is 9.59 Å². The number of carbonyl (C=O) groups is 1. The molecule has 29 heavy (non-hydrogen) atoms. The minimum Gasteiger partial charge on any atom is -0.497 e. The van der Waals surface area contributed by atoms with Gasteiger partial charge in [-0.1, -0.05) is 35.9 Å². The number of carbonyl (C=O) groups excluding carboxylic acids is 1. The van der Waals surface area contributed by atoms with E-state index in [1.165, 1.54) is 16.8 Å². The topological polar surface area (TPSA) is 73.2 Å². The summed E-state index contributed by atoms with van der Waals surface area (Å²) in [6.45, 7) is 0.547. The van der Waals surface area contributed by atoms with Gasteiger partial charge in [-0.15, -0.1) is 0 Å². The lowest BCUT2D eigenvalue weighted by Gasteiger charge is -2.08. The number of nitrogens with zero attached hydrogens (tertiary/aromatic N) is 2. The van der Waals surface area contributed by atoms with Gasteiger partial charge >= 0.3 is 0 Å². The highest BCUT2D eigenvalue weighted by Gasteiger charge is 2.04. The van der Waals surface area contributed by atoms with Crippen LogP contribution in [0, 0.1) is 0 Å². The van der Waals surface area contributed by atoms with Gasteiger partial charge in [-0.25, -0.2) is 4.68 Å². The summed E-state index contributed by atoms with van der Waals surface area (Å²) >= 11 is 5.91. The van der Waals surface area contributed by atoms with Crippen molar-refractivity contribution in [3.05, 3.63) is 87.7 Å². The van der Waals surface area contributed by atoms with Crippen LogP contribution in [0.2, 0.25) is 5.02 Å². The largest absolute Gasteiger partial charge is 0.497 e. The van der Waals surface area contributed by atoms with Gasteiger partial charge in [0.15, 0.2) is 0 Å². The zero-order valence-corrected chi connectivity index (χ0v) is 16.6. The van der Waals surface area contributed by atoms with Gasteiger partial charge < -0.3 is 10.1 Å². The van der Waals surface area contributed by atoms with E-state index >= 15 is 0 Å². The number of methoxy groups -OCH3 is 1. The summed E-state index contributed by atoms with van der Waals surface area (Å²) in [7, 11) is 1.60. The van der Waals surface area contributed by atoms with Gasteiger partial charge in [0.1, 0.15) is 5.75 Å². The SMILES string of the molecule is COc1ccc(/C=C/C(=O)NCCn2nc(-c3ccc(Cl)cc3)ccc2=O)cc1. The molecule has 7 heteroatoms. The molecule has 1 aromatic heterocycles. The predicted molar refractivity (Wildman–Crippen MR) is 114 cm³/mol. The maximum Gasteiger partial charge on any atom is 0.266 e. The first-order valence-electron chi connectivity index (χ1n) is 8.99. The van der Waals surface area contributed by atoms with Crippen molar-refractivity contribution in [2.24, 2.45) is 0 Å². The quantitative estimate of drug-likeness (QED) is 0.607. The first-order valence-corrected chi connectivity index (χ1v) is 9.37. The molecule has 1 N–H and O–H groups in total. The molecule has 0 unspecified atom stereocenters. The van der Waals surface area contributed by atoms with E-state index in [-0.39, 0.29) is 24.6 Å². The van der Waals surface area contributed by atoms with Gasteiger partial charge in [0, 0.05) is 29.3 Å². The Kier molecular flexibility index (Phi) is 6.81. The molecule has 0 aliphatic rings. The number of amides is 1. The van der Waals surface area contributed by atoms with Gasteiger partial charge in [0.25, 0.3) is 5.56 Å². The number of ether oxygens (including phenoxy) is 1. The van der Waals surface area contributed by atoms with Gasteiger partial charge in [0.2, 0.25) is 5.91 Å². The molecule has 0 saturated heterocycles. The van der Waals surface area contributed by atoms with Crippen molar-refractivity contribution in [2.45, 2.75) is 6.54 Å². The molecule has 1 heterocycles. The summed E-state index contributed by atoms with van der Waals surface area (Å²) in [4.78, 5) is 24.0. The molecule has 3 rings (SSSR count). The lowest BCUT2D eigenvalue weighted by atomic mass is 10.1. The summed E-state index contributed by atoms with van der Waals surface area (Å²) in [6.07, 6.45) is 3.16. The lowest BCUT2D eigenvalue weighted by molar-refractivity contribution is -0.116. The fourth-order valence-electron chi connectivity index (χ4n) is 2.61. The molecule has 0 aliphatic carbocycles. The van der Waals surface area contributed by atoms with Crippen LogP contribution in [0.15, 0.2) is 71.5 Å². The van der Waals surface area contributed by atoms with Crippen molar-refractivity contribution < 1.29 is 9.53 Å². The Morgan fingerprint density at radius 2 is 1.83 bits per heavy atom. The van der Waals surface area contributed by atoms with E-state index in [2.05, 4.69) is 10.4 Å². The van der Waals surface area contributed by atoms with Gasteiger partial charge in [-0.05, 0) is 42.0 Å². The Labute approximate surface area is 173 Å². The van der Waals surface area contributed by atoms with Crippen LogP contribution in [0.5, 0.6) is 5.75 Å². The smallest absolute Gasteiger partial charge is 0.266 e. The van der Waals surface area contributed by atoms with Crippen LogP contribution in [0.4, 0.5) is 0 Å². The van der Waals surface area contributed by atoms with E-state index in [1.54, 1.807) is 31.4 Å². The van der Waals surface area contributed by atoms with E-state index in [4.69, 9.17) is 16.3 Å². The molecule has 0 radical (unpaired) electrons. The second kappa shape index (κ2) is 9.71. The molecule has 148 valence electrons. The third-order valence-electron chi connectivity index (χ3n) is 4.17. The molecule has 0 fully saturated rings. The van der Waals surface area contributed by atoms with E-state index in [9.17, 15) is 9.59 Å². The van der Waals surface area contributed by atoms with Gasteiger partial charge in [-0.2, -0.15) is 5.10 Å². The number of hydrogen-bond acceptors (Lipinski definition) is 4. The number of rotatable bonds is 7. The highest BCUT2D eigenvalue weighted by atomic mass is 35.5. The molecule has 2 aromatic carbocycles. The number of hydrogen-bond donors (Lipinski definition) is 1. The molecule has 6 nitrogen and oxygen atoms in total. The molecule has 0 saturated carbocycles. The van der Waals surface area contributed by atoms with Crippen molar-refractivity contribution in [1.29, 1.82) is 0 Å². The third-order valence-corrected chi connectivity index (χ3v) is 4.42. The van der Waals surface area contributed by atoms with Crippen LogP contribution in [0.3, 0.4) is 0 Å². The van der Waals surface area contributed by atoms with Crippen LogP contribution in [0.25, 0.3) is 17.3 Å². The highest BCUT2D eigenvalue weighted by molar-refractivity contribution is 6.30. The number of benzene rings is 2. The molecule has 1 amide bonds. The number of nitrogens with one attached hydrogen (secondary N) is 1. The van der Waals surface area contributed by atoms with Crippen molar-refractivity contribution in [1.82, 2.24) is 15.1 Å². The van der Waals surface area contributed by atoms with E-state index in [0.717, 1.165) is 16.9 Å². The average Bonchev–Trinajstić information content (AvgIpc) is 2.74. The number of aromatic nitrogens is 2. The van der Waals surface area contributed by atoms with Crippen LogP contribution in [-0.2, 0) is 11.3 Å². The number of halogens is 1. The van der Waals surface area contributed by atoms with Crippen molar-refractivity contribution >= 4 is 23.6 Å². The standard InChI is InChI=1S/C22H20ClN3O3/c1-29-19-9-2-16(3-10-19)4-12-21(27)24-14-15-26-22(28)13-11-20(25-26)17-5-7-18(23)8-6-17/h2-13H,14-15H2,1H3,(H,24,27)/b12-4+. The van der Waals surface area contributed by atoms with Crippen LogP contribution in [0.1, 0.15) is 5.56 Å². The second-order valence-corrected chi connectivity index (χ2v) is 6.62. The van der Waals surface area contributed by atoms with Crippen LogP contribution < -0.4 is 15.6 Å². The summed E-state index contributed by atoms with van der Waals surface area (Å²) in [5.41, 5.74) is 2.17. The highest BCUT2D eigenvalue weighted by Crippen LogP contribution is 2.18. The van der Waals surface area contributed by atoms with Crippen LogP contribution >= 0.6 is 11.6 Å². The molecule has 0 bridgehead atoms. The fourth-order valence-corrected chi connectivity index (χ4v) is 2.74. The minimum absolute atomic E-state index is 0.231. The van der Waals surface area contributed by atoms with Crippen LogP contribution in [-0.4, -0.2) is 29.3 Å². The van der Waals surface area contributed by atoms with E-state index in [0.29, 0.717) is 10.7 Å². The first kappa shape index (κ1) is 20.4. The Bertz CT molecular complexity index is 1060. The monoisotopic (exact) mass is 409 g/mol. The fraction of sp³-hybridized carbons (Fsp3) is 0.136. The molecule has 0 aliphatic heterocycles. The average molecular weight is 410 g/mol. The Morgan fingerprint density at radius 3 is 2.52 bits per heavy atom. The predicted octanol–water partition coefficient (Wildman–Crippen LogP) is 3.40. The zero-order valence-electron chi connectivity index (χ0n) is 15.8.